The van der Waals surface area contributed by atoms with E-state index in [2.05, 4.69) is 37.4 Å². The molecule has 0 aromatic rings. The first-order chi connectivity index (χ1) is 6.91. The summed E-state index contributed by atoms with van der Waals surface area (Å²) in [4.78, 5) is 0. The maximum absolute atomic E-state index is 2.26. The molecule has 1 saturated heterocycles. The van der Waals surface area contributed by atoms with Gasteiger partial charge in [-0.2, -0.15) is 23.5 Å². The maximum atomic E-state index is 2.26. The zero-order valence-corrected chi connectivity index (χ0v) is 11.5. The van der Waals surface area contributed by atoms with Gasteiger partial charge in [0.25, 0.3) is 0 Å². The SMILES string of the molecule is C1CSCCS1.CCCCCCCC. The smallest absolute Gasteiger partial charge is 0.00238 e. The van der Waals surface area contributed by atoms with Gasteiger partial charge < -0.3 is 0 Å². The van der Waals surface area contributed by atoms with Gasteiger partial charge in [-0.05, 0) is 0 Å². The normalized spacial score (nSPS) is 15.9. The van der Waals surface area contributed by atoms with Crippen molar-refractivity contribution in [3.8, 4) is 0 Å². The van der Waals surface area contributed by atoms with E-state index in [-0.39, 0.29) is 0 Å². The Kier molecular flexibility index (Phi) is 14.4. The van der Waals surface area contributed by atoms with Gasteiger partial charge >= 0.3 is 0 Å². The minimum Gasteiger partial charge on any atom is -0.160 e. The van der Waals surface area contributed by atoms with Crippen LogP contribution < -0.4 is 0 Å². The third kappa shape index (κ3) is 12.7. The quantitative estimate of drug-likeness (QED) is 0.625. The lowest BCUT2D eigenvalue weighted by Crippen LogP contribution is -1.97. The number of hydrogen-bond donors (Lipinski definition) is 0. The molecule has 0 saturated carbocycles. The number of unbranched alkanes of at least 4 members (excludes halogenated alkanes) is 5. The van der Waals surface area contributed by atoms with Crippen LogP contribution in [-0.4, -0.2) is 23.0 Å². The summed E-state index contributed by atoms with van der Waals surface area (Å²) in [7, 11) is 0. The van der Waals surface area contributed by atoms with Crippen LogP contribution in [0.15, 0.2) is 0 Å². The van der Waals surface area contributed by atoms with E-state index < -0.39 is 0 Å². The van der Waals surface area contributed by atoms with Crippen molar-refractivity contribution in [2.45, 2.75) is 52.4 Å². The molecule has 0 atom stereocenters. The Hall–Kier alpha value is 0.700. The first-order valence-electron chi connectivity index (χ1n) is 6.07. The van der Waals surface area contributed by atoms with Crippen molar-refractivity contribution in [1.29, 1.82) is 0 Å². The van der Waals surface area contributed by atoms with Crippen molar-refractivity contribution in [3.05, 3.63) is 0 Å². The summed E-state index contributed by atoms with van der Waals surface area (Å²) in [6.07, 6.45) is 8.49. The fourth-order valence-electron chi connectivity index (χ4n) is 1.29. The first kappa shape index (κ1) is 14.7. The molecule has 1 fully saturated rings. The van der Waals surface area contributed by atoms with E-state index in [4.69, 9.17) is 0 Å². The van der Waals surface area contributed by atoms with E-state index in [0.717, 1.165) is 0 Å². The molecule has 1 aliphatic heterocycles. The minimum atomic E-state index is 1.36. The van der Waals surface area contributed by atoms with Crippen LogP contribution in [0.1, 0.15) is 52.4 Å². The lowest BCUT2D eigenvalue weighted by atomic mass is 10.1. The minimum absolute atomic E-state index is 1.36. The molecule has 2 heteroatoms. The molecule has 0 aromatic heterocycles. The fourth-order valence-corrected chi connectivity index (χ4v) is 3.59. The molecule has 0 amide bonds. The highest BCUT2D eigenvalue weighted by Crippen LogP contribution is 2.14. The molecule has 0 N–H and O–H groups in total. The highest BCUT2D eigenvalue weighted by Gasteiger charge is 1.95. The molecule has 0 radical (unpaired) electrons. The predicted octanol–water partition coefficient (Wildman–Crippen LogP) is 4.83. The van der Waals surface area contributed by atoms with Crippen molar-refractivity contribution in [2.24, 2.45) is 0 Å². The molecule has 0 nitrogen and oxygen atoms in total. The molecular formula is C12H26S2. The Balaban J connectivity index is 0.000000249. The van der Waals surface area contributed by atoms with E-state index >= 15 is 0 Å². The summed E-state index contributed by atoms with van der Waals surface area (Å²) in [6.45, 7) is 4.51. The summed E-state index contributed by atoms with van der Waals surface area (Å²) >= 11 is 4.15. The highest BCUT2D eigenvalue weighted by molar-refractivity contribution is 8.06. The third-order valence-electron chi connectivity index (χ3n) is 2.20. The van der Waals surface area contributed by atoms with Crippen molar-refractivity contribution in [3.63, 3.8) is 0 Å². The summed E-state index contributed by atoms with van der Waals surface area (Å²) in [5, 5.41) is 0. The van der Waals surface area contributed by atoms with Crippen LogP contribution in [0.3, 0.4) is 0 Å². The molecular weight excluding hydrogens is 208 g/mol. The molecule has 0 unspecified atom stereocenters. The largest absolute Gasteiger partial charge is 0.160 e. The molecule has 1 rings (SSSR count). The van der Waals surface area contributed by atoms with Crippen LogP contribution in [0.25, 0.3) is 0 Å². The molecule has 0 aromatic carbocycles. The molecule has 0 spiro atoms. The van der Waals surface area contributed by atoms with Crippen LogP contribution in [0.5, 0.6) is 0 Å². The van der Waals surface area contributed by atoms with Crippen molar-refractivity contribution in [1.82, 2.24) is 0 Å². The molecule has 1 aliphatic rings. The van der Waals surface area contributed by atoms with E-state index in [0.29, 0.717) is 0 Å². The Morgan fingerprint density at radius 2 is 1.00 bits per heavy atom. The van der Waals surface area contributed by atoms with Crippen molar-refractivity contribution in [2.75, 3.05) is 23.0 Å². The summed E-state index contributed by atoms with van der Waals surface area (Å²) in [5.74, 6) is 5.52. The van der Waals surface area contributed by atoms with Crippen molar-refractivity contribution >= 4 is 23.5 Å². The van der Waals surface area contributed by atoms with Gasteiger partial charge in [0, 0.05) is 23.0 Å². The highest BCUT2D eigenvalue weighted by atomic mass is 32.2. The van der Waals surface area contributed by atoms with Crippen LogP contribution in [0, 0.1) is 0 Å². The average Bonchev–Trinajstić information content (AvgIpc) is 2.28. The van der Waals surface area contributed by atoms with Gasteiger partial charge in [-0.15, -0.1) is 0 Å². The van der Waals surface area contributed by atoms with Crippen LogP contribution in [-0.2, 0) is 0 Å². The zero-order valence-electron chi connectivity index (χ0n) is 9.89. The average molecular weight is 234 g/mol. The Morgan fingerprint density at radius 1 is 0.643 bits per heavy atom. The summed E-state index contributed by atoms with van der Waals surface area (Å²) in [6, 6.07) is 0. The third-order valence-corrected chi connectivity index (χ3v) is 4.69. The van der Waals surface area contributed by atoms with Crippen molar-refractivity contribution < 1.29 is 0 Å². The van der Waals surface area contributed by atoms with Crippen LogP contribution >= 0.6 is 23.5 Å². The van der Waals surface area contributed by atoms with Gasteiger partial charge in [0.2, 0.25) is 0 Å². The molecule has 1 heterocycles. The van der Waals surface area contributed by atoms with E-state index in [9.17, 15) is 0 Å². The monoisotopic (exact) mass is 234 g/mol. The molecule has 0 bridgehead atoms. The maximum Gasteiger partial charge on any atom is 0.00238 e. The number of hydrogen-bond acceptors (Lipinski definition) is 2. The second-order valence-corrected chi connectivity index (χ2v) is 6.09. The topological polar surface area (TPSA) is 0 Å². The van der Waals surface area contributed by atoms with E-state index in [1.165, 1.54) is 61.5 Å². The number of rotatable bonds is 5. The van der Waals surface area contributed by atoms with Crippen LogP contribution in [0.4, 0.5) is 0 Å². The van der Waals surface area contributed by atoms with E-state index in [1.54, 1.807) is 0 Å². The molecule has 86 valence electrons. The Bertz CT molecular complexity index is 72.8. The van der Waals surface area contributed by atoms with Crippen LogP contribution in [0.2, 0.25) is 0 Å². The predicted molar refractivity (Wildman–Crippen MR) is 73.7 cm³/mol. The van der Waals surface area contributed by atoms with Gasteiger partial charge in [-0.1, -0.05) is 52.4 Å². The second kappa shape index (κ2) is 13.7. The second-order valence-electron chi connectivity index (χ2n) is 3.64. The first-order valence-corrected chi connectivity index (χ1v) is 8.38. The van der Waals surface area contributed by atoms with Gasteiger partial charge in [0.15, 0.2) is 0 Å². The molecule has 14 heavy (non-hydrogen) atoms. The number of thioether (sulfide) groups is 2. The van der Waals surface area contributed by atoms with Gasteiger partial charge in [0.05, 0.1) is 0 Å². The van der Waals surface area contributed by atoms with Gasteiger partial charge in [0.1, 0.15) is 0 Å². The Labute approximate surface area is 99.0 Å². The van der Waals surface area contributed by atoms with Gasteiger partial charge in [-0.3, -0.25) is 0 Å². The lowest BCUT2D eigenvalue weighted by Gasteiger charge is -2.05. The van der Waals surface area contributed by atoms with E-state index in [1.807, 2.05) is 0 Å². The summed E-state index contributed by atoms with van der Waals surface area (Å²) < 4.78 is 0. The van der Waals surface area contributed by atoms with Gasteiger partial charge in [-0.25, -0.2) is 0 Å². The molecule has 0 aliphatic carbocycles. The zero-order chi connectivity index (χ0) is 10.5. The summed E-state index contributed by atoms with van der Waals surface area (Å²) in [5.41, 5.74) is 0. The lowest BCUT2D eigenvalue weighted by molar-refractivity contribution is 0.624. The Morgan fingerprint density at radius 3 is 1.21 bits per heavy atom. The standard InChI is InChI=1S/C8H18.C4H8S2/c1-3-5-7-8-6-4-2;1-2-6-4-3-5-1/h3-8H2,1-2H3;1-4H2. The fraction of sp³-hybridized carbons (Fsp3) is 1.00.